The second kappa shape index (κ2) is 6.99. The molecule has 2 amide bonds. The summed E-state index contributed by atoms with van der Waals surface area (Å²) in [6.07, 6.45) is -0.409. The molecule has 0 aliphatic heterocycles. The number of rotatable bonds is 4. The van der Waals surface area contributed by atoms with Crippen molar-refractivity contribution in [2.45, 2.75) is 6.42 Å². The summed E-state index contributed by atoms with van der Waals surface area (Å²) in [7, 11) is 0. The van der Waals surface area contributed by atoms with E-state index in [4.69, 9.17) is 5.26 Å². The van der Waals surface area contributed by atoms with E-state index in [2.05, 4.69) is 10.6 Å². The minimum atomic E-state index is -0.556. The molecule has 0 heterocycles. The molecule has 6 heteroatoms. The van der Waals surface area contributed by atoms with Crippen molar-refractivity contribution >= 4 is 23.2 Å². The number of carbonyl (C=O) groups is 2. The van der Waals surface area contributed by atoms with Gasteiger partial charge in [-0.15, -0.1) is 0 Å². The minimum Gasteiger partial charge on any atom is -0.326 e. The zero-order valence-electron chi connectivity index (χ0n) is 11.5. The van der Waals surface area contributed by atoms with Crippen molar-refractivity contribution in [1.82, 2.24) is 0 Å². The third-order valence-electron chi connectivity index (χ3n) is 2.70. The van der Waals surface area contributed by atoms with Crippen molar-refractivity contribution in [1.29, 1.82) is 5.26 Å². The first-order valence-electron chi connectivity index (χ1n) is 6.42. The van der Waals surface area contributed by atoms with E-state index in [-0.39, 0.29) is 5.69 Å². The Bertz CT molecular complexity index is 753. The molecule has 0 aliphatic rings. The molecule has 0 aromatic heterocycles. The molecule has 0 fully saturated rings. The van der Waals surface area contributed by atoms with Gasteiger partial charge in [-0.2, -0.15) is 5.26 Å². The Labute approximate surface area is 126 Å². The summed E-state index contributed by atoms with van der Waals surface area (Å²) in [5.41, 5.74) is 1.12. The van der Waals surface area contributed by atoms with Crippen LogP contribution in [0.3, 0.4) is 0 Å². The molecule has 2 N–H and O–H groups in total. The molecule has 0 unspecified atom stereocenters. The highest BCUT2D eigenvalue weighted by Gasteiger charge is 2.10. The second-order valence-electron chi connectivity index (χ2n) is 4.48. The van der Waals surface area contributed by atoms with Crippen LogP contribution in [0, 0.1) is 17.1 Å². The van der Waals surface area contributed by atoms with Gasteiger partial charge in [0.25, 0.3) is 0 Å². The molecular formula is C16H12FN3O2. The summed E-state index contributed by atoms with van der Waals surface area (Å²) in [6.45, 7) is 0. The molecule has 2 rings (SSSR count). The Hall–Kier alpha value is -3.20. The van der Waals surface area contributed by atoms with Crippen molar-refractivity contribution in [3.8, 4) is 6.07 Å². The van der Waals surface area contributed by atoms with Gasteiger partial charge in [-0.3, -0.25) is 9.59 Å². The fraction of sp³-hybridized carbons (Fsp3) is 0.0625. The Kier molecular flexibility index (Phi) is 4.83. The molecule has 22 heavy (non-hydrogen) atoms. The van der Waals surface area contributed by atoms with Crippen molar-refractivity contribution in [2.24, 2.45) is 0 Å². The molecule has 0 atom stereocenters. The molecule has 0 radical (unpaired) electrons. The molecule has 0 bridgehead atoms. The van der Waals surface area contributed by atoms with Crippen LogP contribution in [-0.4, -0.2) is 11.8 Å². The van der Waals surface area contributed by atoms with Crippen LogP contribution in [0.5, 0.6) is 0 Å². The predicted octanol–water partition coefficient (Wildman–Crippen LogP) is 2.66. The lowest BCUT2D eigenvalue weighted by Gasteiger charge is -2.07. The van der Waals surface area contributed by atoms with Gasteiger partial charge in [0.2, 0.25) is 11.8 Å². The van der Waals surface area contributed by atoms with Gasteiger partial charge in [0.05, 0.1) is 11.6 Å². The maximum atomic E-state index is 13.0. The maximum absolute atomic E-state index is 13.0. The van der Waals surface area contributed by atoms with Crippen LogP contribution in [0.1, 0.15) is 12.0 Å². The average Bonchev–Trinajstić information content (AvgIpc) is 2.47. The number of carbonyl (C=O) groups excluding carboxylic acids is 2. The van der Waals surface area contributed by atoms with Crippen molar-refractivity contribution in [3.63, 3.8) is 0 Å². The van der Waals surface area contributed by atoms with E-state index in [9.17, 15) is 14.0 Å². The second-order valence-corrected chi connectivity index (χ2v) is 4.48. The van der Waals surface area contributed by atoms with Crippen LogP contribution < -0.4 is 10.6 Å². The van der Waals surface area contributed by atoms with E-state index in [1.165, 1.54) is 24.3 Å². The van der Waals surface area contributed by atoms with E-state index in [0.717, 1.165) is 6.07 Å². The number of hydrogen-bond donors (Lipinski definition) is 2. The van der Waals surface area contributed by atoms with Crippen LogP contribution in [-0.2, 0) is 9.59 Å². The number of halogens is 1. The maximum Gasteiger partial charge on any atom is 0.233 e. The van der Waals surface area contributed by atoms with Crippen molar-refractivity contribution in [3.05, 3.63) is 59.9 Å². The highest BCUT2D eigenvalue weighted by Crippen LogP contribution is 2.11. The highest BCUT2D eigenvalue weighted by molar-refractivity contribution is 6.08. The van der Waals surface area contributed by atoms with Gasteiger partial charge in [-0.1, -0.05) is 12.1 Å². The molecule has 0 aliphatic carbocycles. The SMILES string of the molecule is N#Cc1cccc(NC(=O)CC(=O)Nc2cccc(F)c2)c1. The van der Waals surface area contributed by atoms with Gasteiger partial charge in [-0.25, -0.2) is 4.39 Å². The lowest BCUT2D eigenvalue weighted by molar-refractivity contribution is -0.123. The van der Waals surface area contributed by atoms with Gasteiger partial charge in [-0.05, 0) is 36.4 Å². The standard InChI is InChI=1S/C16H12FN3O2/c17-12-4-2-6-14(8-12)20-16(22)9-15(21)19-13-5-1-3-11(7-13)10-18/h1-8H,9H2,(H,19,21)(H,20,22). The van der Waals surface area contributed by atoms with E-state index in [1.807, 2.05) is 6.07 Å². The number of hydrogen-bond acceptors (Lipinski definition) is 3. The van der Waals surface area contributed by atoms with Gasteiger partial charge in [0.15, 0.2) is 0 Å². The molecule has 5 nitrogen and oxygen atoms in total. The van der Waals surface area contributed by atoms with Gasteiger partial charge in [0, 0.05) is 11.4 Å². The molecule has 0 saturated carbocycles. The minimum absolute atomic E-state index is 0.282. The smallest absolute Gasteiger partial charge is 0.233 e. The zero-order chi connectivity index (χ0) is 15.9. The summed E-state index contributed by atoms with van der Waals surface area (Å²) in [4.78, 5) is 23.5. The van der Waals surface area contributed by atoms with Crippen molar-refractivity contribution in [2.75, 3.05) is 10.6 Å². The van der Waals surface area contributed by atoms with Crippen LogP contribution in [0.25, 0.3) is 0 Å². The fourth-order valence-corrected chi connectivity index (χ4v) is 1.79. The molecule has 2 aromatic rings. The lowest BCUT2D eigenvalue weighted by atomic mass is 10.2. The zero-order valence-corrected chi connectivity index (χ0v) is 11.5. The third kappa shape index (κ3) is 4.42. The topological polar surface area (TPSA) is 82.0 Å². The number of amides is 2. The number of nitriles is 1. The Morgan fingerprint density at radius 2 is 1.59 bits per heavy atom. The molecule has 0 saturated heterocycles. The first-order valence-corrected chi connectivity index (χ1v) is 6.42. The van der Waals surface area contributed by atoms with E-state index < -0.39 is 24.1 Å². The van der Waals surface area contributed by atoms with E-state index >= 15 is 0 Å². The van der Waals surface area contributed by atoms with Crippen LogP contribution in [0.2, 0.25) is 0 Å². The van der Waals surface area contributed by atoms with E-state index in [0.29, 0.717) is 11.3 Å². The molecule has 110 valence electrons. The first kappa shape index (κ1) is 15.2. The number of nitrogens with one attached hydrogen (secondary N) is 2. The Morgan fingerprint density at radius 3 is 2.18 bits per heavy atom. The Morgan fingerprint density at radius 1 is 1.00 bits per heavy atom. The average molecular weight is 297 g/mol. The normalized spacial score (nSPS) is 9.64. The monoisotopic (exact) mass is 297 g/mol. The highest BCUT2D eigenvalue weighted by atomic mass is 19.1. The van der Waals surface area contributed by atoms with Crippen LogP contribution in [0.15, 0.2) is 48.5 Å². The van der Waals surface area contributed by atoms with Crippen molar-refractivity contribution < 1.29 is 14.0 Å². The number of nitrogens with zero attached hydrogens (tertiary/aromatic N) is 1. The largest absolute Gasteiger partial charge is 0.326 e. The summed E-state index contributed by atoms with van der Waals surface area (Å²) >= 11 is 0. The van der Waals surface area contributed by atoms with Gasteiger partial charge < -0.3 is 10.6 Å². The summed E-state index contributed by atoms with van der Waals surface area (Å²) in [5, 5.41) is 13.7. The van der Waals surface area contributed by atoms with Gasteiger partial charge in [0.1, 0.15) is 12.2 Å². The first-order chi connectivity index (χ1) is 10.6. The Balaban J connectivity index is 1.91. The lowest BCUT2D eigenvalue weighted by Crippen LogP contribution is -2.21. The summed E-state index contributed by atoms with van der Waals surface area (Å²) in [5.74, 6) is -1.56. The molecular weight excluding hydrogens is 285 g/mol. The predicted molar refractivity (Wildman–Crippen MR) is 79.4 cm³/mol. The fourth-order valence-electron chi connectivity index (χ4n) is 1.79. The summed E-state index contributed by atoms with van der Waals surface area (Å²) < 4.78 is 13.0. The third-order valence-corrected chi connectivity index (χ3v) is 2.70. The molecule has 2 aromatic carbocycles. The van der Waals surface area contributed by atoms with Crippen LogP contribution >= 0.6 is 0 Å². The molecule has 0 spiro atoms. The number of anilines is 2. The van der Waals surface area contributed by atoms with Crippen LogP contribution in [0.4, 0.5) is 15.8 Å². The quantitative estimate of drug-likeness (QED) is 0.851. The van der Waals surface area contributed by atoms with E-state index in [1.54, 1.807) is 18.2 Å². The summed E-state index contributed by atoms with van der Waals surface area (Å²) in [6, 6.07) is 13.7. The van der Waals surface area contributed by atoms with Gasteiger partial charge >= 0.3 is 0 Å². The number of benzene rings is 2.